The van der Waals surface area contributed by atoms with Crippen molar-refractivity contribution in [3.8, 4) is 10.6 Å². The molecule has 4 nitrogen and oxygen atoms in total. The molecule has 4 fully saturated rings. The summed E-state index contributed by atoms with van der Waals surface area (Å²) in [4.78, 5) is 0.939. The molecule has 5 heteroatoms. The Morgan fingerprint density at radius 1 is 0.857 bits per heavy atom. The molecule has 4 aliphatic carbocycles. The standard InChI is InChI=1S/C23H22N4S/c1-2-6-18-17(4-1)5-3-7-19(18)20-26-27-21(24-25-22(27)28-20)23-11-14-8-15(12-23)10-16(9-14)13-23/h1-7,14-16H,8-13H2. The highest BCUT2D eigenvalue weighted by atomic mass is 32.1. The van der Waals surface area contributed by atoms with Crippen LogP contribution in [0.3, 0.4) is 0 Å². The van der Waals surface area contributed by atoms with E-state index in [-0.39, 0.29) is 5.41 Å². The molecule has 0 N–H and O–H groups in total. The molecule has 28 heavy (non-hydrogen) atoms. The van der Waals surface area contributed by atoms with E-state index in [0.29, 0.717) is 0 Å². The Labute approximate surface area is 167 Å². The minimum Gasteiger partial charge on any atom is -0.186 e. The van der Waals surface area contributed by atoms with E-state index >= 15 is 0 Å². The third-order valence-corrected chi connectivity index (χ3v) is 8.46. The van der Waals surface area contributed by atoms with E-state index in [1.807, 2.05) is 0 Å². The van der Waals surface area contributed by atoms with Gasteiger partial charge in [-0.3, -0.25) is 0 Å². The molecule has 0 amide bonds. The van der Waals surface area contributed by atoms with Gasteiger partial charge in [-0.25, -0.2) is 0 Å². The second-order valence-corrected chi connectivity index (χ2v) is 10.3. The van der Waals surface area contributed by atoms with Gasteiger partial charge in [0, 0.05) is 11.0 Å². The van der Waals surface area contributed by atoms with Crippen molar-refractivity contribution in [2.75, 3.05) is 0 Å². The summed E-state index contributed by atoms with van der Waals surface area (Å²) in [6.07, 6.45) is 8.21. The molecule has 4 aromatic rings. The molecule has 8 rings (SSSR count). The van der Waals surface area contributed by atoms with E-state index in [4.69, 9.17) is 10.2 Å². The maximum absolute atomic E-state index is 5.06. The fraction of sp³-hybridized carbons (Fsp3) is 0.435. The summed E-state index contributed by atoms with van der Waals surface area (Å²) in [6, 6.07) is 15.0. The summed E-state index contributed by atoms with van der Waals surface area (Å²) in [5, 5.41) is 17.9. The molecule has 2 aromatic heterocycles. The van der Waals surface area contributed by atoms with Crippen molar-refractivity contribution in [2.45, 2.75) is 43.9 Å². The van der Waals surface area contributed by atoms with E-state index in [1.165, 1.54) is 54.9 Å². The van der Waals surface area contributed by atoms with Crippen LogP contribution in [0, 0.1) is 17.8 Å². The van der Waals surface area contributed by atoms with Crippen molar-refractivity contribution in [2.24, 2.45) is 17.8 Å². The highest BCUT2D eigenvalue weighted by Crippen LogP contribution is 2.60. The van der Waals surface area contributed by atoms with Gasteiger partial charge in [0.25, 0.3) is 0 Å². The third kappa shape index (κ3) is 2.08. The zero-order chi connectivity index (χ0) is 18.3. The average molecular weight is 387 g/mol. The summed E-state index contributed by atoms with van der Waals surface area (Å²) in [7, 11) is 0. The van der Waals surface area contributed by atoms with Crippen molar-refractivity contribution in [1.29, 1.82) is 0 Å². The molecule has 4 saturated carbocycles. The van der Waals surface area contributed by atoms with E-state index in [1.54, 1.807) is 11.3 Å². The highest BCUT2D eigenvalue weighted by Gasteiger charge is 2.54. The second kappa shape index (κ2) is 5.41. The van der Waals surface area contributed by atoms with Crippen molar-refractivity contribution >= 4 is 27.1 Å². The summed E-state index contributed by atoms with van der Waals surface area (Å²) in [5.41, 5.74) is 1.42. The summed E-state index contributed by atoms with van der Waals surface area (Å²) < 4.78 is 2.09. The van der Waals surface area contributed by atoms with Crippen LogP contribution in [0.15, 0.2) is 42.5 Å². The van der Waals surface area contributed by atoms with Crippen LogP contribution in [-0.4, -0.2) is 19.8 Å². The fourth-order valence-corrected chi connectivity index (χ4v) is 7.73. The molecule has 0 radical (unpaired) electrons. The Morgan fingerprint density at radius 2 is 1.57 bits per heavy atom. The molecule has 4 aliphatic rings. The molecular formula is C23H22N4S. The molecule has 2 heterocycles. The molecule has 140 valence electrons. The number of nitrogens with zero attached hydrogens (tertiary/aromatic N) is 4. The Hall–Kier alpha value is -2.27. The number of benzene rings is 2. The first kappa shape index (κ1) is 15.6. The van der Waals surface area contributed by atoms with Crippen LogP contribution < -0.4 is 0 Å². The number of rotatable bonds is 2. The zero-order valence-electron chi connectivity index (χ0n) is 15.7. The van der Waals surface area contributed by atoms with Gasteiger partial charge in [0.1, 0.15) is 5.01 Å². The zero-order valence-corrected chi connectivity index (χ0v) is 16.5. The second-order valence-electron chi connectivity index (χ2n) is 9.35. The Bertz CT molecular complexity index is 1180. The number of aromatic nitrogens is 4. The first-order valence-electron chi connectivity index (χ1n) is 10.5. The molecular weight excluding hydrogens is 364 g/mol. The van der Waals surface area contributed by atoms with Crippen LogP contribution in [0.4, 0.5) is 0 Å². The molecule has 4 bridgehead atoms. The lowest BCUT2D eigenvalue weighted by molar-refractivity contribution is -0.0103. The minimum absolute atomic E-state index is 0.221. The first-order chi connectivity index (χ1) is 13.8. The predicted octanol–water partition coefficient (Wildman–Crippen LogP) is 5.47. The van der Waals surface area contributed by atoms with Gasteiger partial charge in [0.15, 0.2) is 5.82 Å². The van der Waals surface area contributed by atoms with E-state index < -0.39 is 0 Å². The highest BCUT2D eigenvalue weighted by molar-refractivity contribution is 7.19. The average Bonchev–Trinajstić information content (AvgIpc) is 3.27. The Morgan fingerprint density at radius 3 is 2.36 bits per heavy atom. The van der Waals surface area contributed by atoms with Crippen LogP contribution in [0.1, 0.15) is 44.3 Å². The first-order valence-corrected chi connectivity index (χ1v) is 11.3. The monoisotopic (exact) mass is 386 g/mol. The maximum atomic E-state index is 5.06. The third-order valence-electron chi connectivity index (χ3n) is 7.52. The van der Waals surface area contributed by atoms with E-state index in [2.05, 4.69) is 52.1 Å². The molecule has 0 atom stereocenters. The number of hydrogen-bond acceptors (Lipinski definition) is 4. The summed E-state index contributed by atoms with van der Waals surface area (Å²) >= 11 is 1.67. The Kier molecular flexibility index (Phi) is 3.02. The smallest absolute Gasteiger partial charge is 0.186 e. The van der Waals surface area contributed by atoms with Crippen molar-refractivity contribution in [3.63, 3.8) is 0 Å². The van der Waals surface area contributed by atoms with Crippen LogP contribution >= 0.6 is 11.3 Å². The van der Waals surface area contributed by atoms with E-state index in [9.17, 15) is 0 Å². The van der Waals surface area contributed by atoms with Gasteiger partial charge in [-0.15, -0.1) is 10.2 Å². The molecule has 0 unspecified atom stereocenters. The lowest BCUT2D eigenvalue weighted by Gasteiger charge is -2.55. The fourth-order valence-electron chi connectivity index (χ4n) is 6.85. The van der Waals surface area contributed by atoms with Gasteiger partial charge in [0.05, 0.1) is 0 Å². The van der Waals surface area contributed by atoms with Crippen molar-refractivity contribution in [3.05, 3.63) is 48.3 Å². The molecule has 0 spiro atoms. The number of fused-ring (bicyclic) bond motifs is 2. The van der Waals surface area contributed by atoms with Gasteiger partial charge in [0.2, 0.25) is 4.96 Å². The predicted molar refractivity (Wildman–Crippen MR) is 111 cm³/mol. The van der Waals surface area contributed by atoms with Crippen molar-refractivity contribution < 1.29 is 0 Å². The van der Waals surface area contributed by atoms with E-state index in [0.717, 1.165) is 33.5 Å². The van der Waals surface area contributed by atoms with Gasteiger partial charge in [-0.05, 0) is 67.1 Å². The largest absolute Gasteiger partial charge is 0.235 e. The van der Waals surface area contributed by atoms with Crippen LogP contribution in [0.5, 0.6) is 0 Å². The van der Waals surface area contributed by atoms with Gasteiger partial charge in [-0.1, -0.05) is 53.8 Å². The minimum atomic E-state index is 0.221. The molecule has 0 saturated heterocycles. The number of hydrogen-bond donors (Lipinski definition) is 0. The van der Waals surface area contributed by atoms with Gasteiger partial charge in [-0.2, -0.15) is 9.61 Å². The van der Waals surface area contributed by atoms with Crippen LogP contribution in [0.2, 0.25) is 0 Å². The lowest BCUT2D eigenvalue weighted by atomic mass is 9.49. The SMILES string of the molecule is c1ccc2c(-c3nn4c(C56CC7CC(CC(C7)C5)C6)nnc4s3)cccc2c1. The topological polar surface area (TPSA) is 43.1 Å². The van der Waals surface area contributed by atoms with Crippen molar-refractivity contribution in [1.82, 2.24) is 19.8 Å². The molecule has 2 aromatic carbocycles. The Balaban J connectivity index is 1.38. The summed E-state index contributed by atoms with van der Waals surface area (Å²) in [5.74, 6) is 3.84. The van der Waals surface area contributed by atoms with Crippen LogP contribution in [0.25, 0.3) is 26.3 Å². The lowest BCUT2D eigenvalue weighted by Crippen LogP contribution is -2.49. The molecule has 0 aliphatic heterocycles. The maximum Gasteiger partial charge on any atom is 0.235 e. The quantitative estimate of drug-likeness (QED) is 0.458. The van der Waals surface area contributed by atoms with Gasteiger partial charge < -0.3 is 0 Å². The van der Waals surface area contributed by atoms with Crippen LogP contribution in [-0.2, 0) is 5.41 Å². The summed E-state index contributed by atoms with van der Waals surface area (Å²) in [6.45, 7) is 0. The normalized spacial score (nSPS) is 31.2. The van der Waals surface area contributed by atoms with Gasteiger partial charge >= 0.3 is 0 Å².